The summed E-state index contributed by atoms with van der Waals surface area (Å²) < 4.78 is 1.94. The predicted octanol–water partition coefficient (Wildman–Crippen LogP) is 2.88. The lowest BCUT2D eigenvalue weighted by atomic mass is 10.1. The highest BCUT2D eigenvalue weighted by atomic mass is 32.2. The summed E-state index contributed by atoms with van der Waals surface area (Å²) in [5, 5.41) is 11.9. The molecule has 0 bridgehead atoms. The maximum Gasteiger partial charge on any atom is 0.250 e. The highest BCUT2D eigenvalue weighted by molar-refractivity contribution is 7.99. The average molecular weight is 407 g/mol. The number of nitrogens with two attached hydrogens (primary N) is 1. The van der Waals surface area contributed by atoms with Crippen molar-refractivity contribution in [2.45, 2.75) is 18.1 Å². The lowest BCUT2D eigenvalue weighted by molar-refractivity contribution is -0.113. The molecule has 3 N–H and O–H groups in total. The van der Waals surface area contributed by atoms with E-state index >= 15 is 0 Å². The largest absolute Gasteiger partial charge is 0.366 e. The number of para-hydroxylation sites is 1. The molecular formula is C21H21N5O2S. The Morgan fingerprint density at radius 3 is 2.55 bits per heavy atom. The second kappa shape index (κ2) is 9.70. The van der Waals surface area contributed by atoms with E-state index in [0.717, 1.165) is 11.4 Å². The Balaban J connectivity index is 1.68. The molecule has 2 aromatic carbocycles. The minimum Gasteiger partial charge on any atom is -0.366 e. The van der Waals surface area contributed by atoms with Crippen molar-refractivity contribution in [1.29, 1.82) is 0 Å². The molecule has 148 valence electrons. The third-order valence-electron chi connectivity index (χ3n) is 4.11. The Bertz CT molecular complexity index is 1020. The standard InChI is InChI=1S/C21H21N5O2S/c1-2-12-26-18(13-15-8-4-3-5-9-15)24-25-21(26)29-14-19(27)23-17-11-7-6-10-16(17)20(22)28/h2-11H,1,12-14H2,(H2,22,28)(H,23,27). The van der Waals surface area contributed by atoms with Crippen molar-refractivity contribution in [1.82, 2.24) is 14.8 Å². The van der Waals surface area contributed by atoms with Gasteiger partial charge in [0, 0.05) is 13.0 Å². The minimum atomic E-state index is -0.593. The summed E-state index contributed by atoms with van der Waals surface area (Å²) in [6, 6.07) is 16.6. The van der Waals surface area contributed by atoms with Crippen LogP contribution in [0.1, 0.15) is 21.7 Å². The van der Waals surface area contributed by atoms with Crippen molar-refractivity contribution in [2.24, 2.45) is 5.73 Å². The van der Waals surface area contributed by atoms with Gasteiger partial charge >= 0.3 is 0 Å². The van der Waals surface area contributed by atoms with Gasteiger partial charge in [-0.25, -0.2) is 0 Å². The van der Waals surface area contributed by atoms with Gasteiger partial charge in [-0.2, -0.15) is 0 Å². The highest BCUT2D eigenvalue weighted by Crippen LogP contribution is 2.20. The maximum atomic E-state index is 12.4. The van der Waals surface area contributed by atoms with Crippen LogP contribution in [0.2, 0.25) is 0 Å². The number of aromatic nitrogens is 3. The number of benzene rings is 2. The fourth-order valence-corrected chi connectivity index (χ4v) is 3.54. The number of hydrogen-bond donors (Lipinski definition) is 2. The van der Waals surface area contributed by atoms with Gasteiger partial charge < -0.3 is 15.6 Å². The molecule has 0 atom stereocenters. The molecule has 0 radical (unpaired) electrons. The van der Waals surface area contributed by atoms with Crippen LogP contribution in [0.3, 0.4) is 0 Å². The van der Waals surface area contributed by atoms with E-state index in [1.807, 2.05) is 34.9 Å². The first-order valence-electron chi connectivity index (χ1n) is 8.97. The normalized spacial score (nSPS) is 10.5. The number of amides is 2. The van der Waals surface area contributed by atoms with Crippen LogP contribution in [-0.4, -0.2) is 32.3 Å². The molecule has 0 aliphatic carbocycles. The number of carbonyl (C=O) groups excluding carboxylic acids is 2. The molecule has 0 aliphatic heterocycles. The summed E-state index contributed by atoms with van der Waals surface area (Å²) >= 11 is 1.27. The Kier molecular flexibility index (Phi) is 6.80. The van der Waals surface area contributed by atoms with Gasteiger partial charge in [0.15, 0.2) is 5.16 Å². The molecule has 3 rings (SSSR count). The number of carbonyl (C=O) groups is 2. The lowest BCUT2D eigenvalue weighted by Gasteiger charge is -2.09. The van der Waals surface area contributed by atoms with Crippen molar-refractivity contribution in [3.8, 4) is 0 Å². The van der Waals surface area contributed by atoms with Gasteiger partial charge in [0.25, 0.3) is 5.91 Å². The maximum absolute atomic E-state index is 12.4. The van der Waals surface area contributed by atoms with Gasteiger partial charge in [-0.15, -0.1) is 16.8 Å². The van der Waals surface area contributed by atoms with Crippen LogP contribution in [0.5, 0.6) is 0 Å². The van der Waals surface area contributed by atoms with E-state index in [1.165, 1.54) is 11.8 Å². The van der Waals surface area contributed by atoms with Crippen molar-refractivity contribution < 1.29 is 9.59 Å². The summed E-state index contributed by atoms with van der Waals surface area (Å²) in [6.07, 6.45) is 2.41. The number of primary amides is 1. The SMILES string of the molecule is C=CCn1c(Cc2ccccc2)nnc1SCC(=O)Nc1ccccc1C(N)=O. The first-order chi connectivity index (χ1) is 14.1. The molecule has 2 amide bonds. The Morgan fingerprint density at radius 2 is 1.83 bits per heavy atom. The molecule has 29 heavy (non-hydrogen) atoms. The number of hydrogen-bond acceptors (Lipinski definition) is 5. The van der Waals surface area contributed by atoms with Gasteiger partial charge in [-0.1, -0.05) is 60.3 Å². The fraction of sp³-hybridized carbons (Fsp3) is 0.143. The molecule has 0 saturated heterocycles. The van der Waals surface area contributed by atoms with E-state index < -0.39 is 5.91 Å². The minimum absolute atomic E-state index is 0.119. The number of thioether (sulfide) groups is 1. The molecule has 0 saturated carbocycles. The van der Waals surface area contributed by atoms with E-state index in [-0.39, 0.29) is 17.2 Å². The van der Waals surface area contributed by atoms with E-state index in [2.05, 4.69) is 22.1 Å². The second-order valence-electron chi connectivity index (χ2n) is 6.21. The fourth-order valence-electron chi connectivity index (χ4n) is 2.77. The van der Waals surface area contributed by atoms with Crippen LogP contribution in [0.15, 0.2) is 72.4 Å². The highest BCUT2D eigenvalue weighted by Gasteiger charge is 2.15. The second-order valence-corrected chi connectivity index (χ2v) is 7.15. The van der Waals surface area contributed by atoms with E-state index in [9.17, 15) is 9.59 Å². The molecule has 3 aromatic rings. The van der Waals surface area contributed by atoms with Gasteiger partial charge in [0.05, 0.1) is 17.0 Å². The Morgan fingerprint density at radius 1 is 1.10 bits per heavy atom. The smallest absolute Gasteiger partial charge is 0.250 e. The molecular weight excluding hydrogens is 386 g/mol. The van der Waals surface area contributed by atoms with Crippen molar-refractivity contribution in [3.63, 3.8) is 0 Å². The zero-order valence-electron chi connectivity index (χ0n) is 15.7. The van der Waals surface area contributed by atoms with Crippen LogP contribution in [0, 0.1) is 0 Å². The molecule has 0 fully saturated rings. The first kappa shape index (κ1) is 20.3. The van der Waals surface area contributed by atoms with Crippen LogP contribution in [0.4, 0.5) is 5.69 Å². The summed E-state index contributed by atoms with van der Waals surface area (Å²) in [7, 11) is 0. The van der Waals surface area contributed by atoms with Crippen molar-refractivity contribution in [2.75, 3.05) is 11.1 Å². The summed E-state index contributed by atoms with van der Waals surface area (Å²) in [6.45, 7) is 4.34. The first-order valence-corrected chi connectivity index (χ1v) is 9.95. The number of allylic oxidation sites excluding steroid dienone is 1. The number of anilines is 1. The van der Waals surface area contributed by atoms with Crippen LogP contribution in [0.25, 0.3) is 0 Å². The Labute approximate surface area is 173 Å². The van der Waals surface area contributed by atoms with Crippen LogP contribution in [-0.2, 0) is 17.8 Å². The molecule has 0 spiro atoms. The molecule has 7 nitrogen and oxygen atoms in total. The Hall–Kier alpha value is -3.39. The van der Waals surface area contributed by atoms with Crippen molar-refractivity contribution in [3.05, 3.63) is 84.2 Å². The van der Waals surface area contributed by atoms with Crippen molar-refractivity contribution >= 4 is 29.3 Å². The van der Waals surface area contributed by atoms with E-state index in [1.54, 1.807) is 30.3 Å². The molecule has 0 unspecified atom stereocenters. The van der Waals surface area contributed by atoms with Gasteiger partial charge in [0.1, 0.15) is 5.82 Å². The van der Waals surface area contributed by atoms with Gasteiger partial charge in [0.2, 0.25) is 5.91 Å². The van der Waals surface area contributed by atoms with E-state index in [0.29, 0.717) is 23.8 Å². The summed E-state index contributed by atoms with van der Waals surface area (Å²) in [5.74, 6) is 0.0673. The molecule has 0 aliphatic rings. The number of nitrogens with one attached hydrogen (secondary N) is 1. The number of nitrogens with zero attached hydrogens (tertiary/aromatic N) is 3. The molecule has 8 heteroatoms. The lowest BCUT2D eigenvalue weighted by Crippen LogP contribution is -2.19. The van der Waals surface area contributed by atoms with Gasteiger partial charge in [-0.3, -0.25) is 9.59 Å². The van der Waals surface area contributed by atoms with Gasteiger partial charge in [-0.05, 0) is 17.7 Å². The molecule has 1 aromatic heterocycles. The monoisotopic (exact) mass is 407 g/mol. The third kappa shape index (κ3) is 5.32. The number of rotatable bonds is 9. The third-order valence-corrected chi connectivity index (χ3v) is 5.08. The quantitative estimate of drug-likeness (QED) is 0.419. The predicted molar refractivity (Wildman–Crippen MR) is 114 cm³/mol. The summed E-state index contributed by atoms with van der Waals surface area (Å²) in [5.41, 5.74) is 7.14. The van der Waals surface area contributed by atoms with E-state index in [4.69, 9.17) is 5.73 Å². The zero-order chi connectivity index (χ0) is 20.6. The topological polar surface area (TPSA) is 103 Å². The zero-order valence-corrected chi connectivity index (χ0v) is 16.6. The summed E-state index contributed by atoms with van der Waals surface area (Å²) in [4.78, 5) is 23.9. The molecule has 1 heterocycles. The average Bonchev–Trinajstić information content (AvgIpc) is 3.09. The van der Waals surface area contributed by atoms with Crippen LogP contribution < -0.4 is 11.1 Å². The van der Waals surface area contributed by atoms with Crippen LogP contribution >= 0.6 is 11.8 Å².